The van der Waals surface area contributed by atoms with E-state index in [0.29, 0.717) is 12.3 Å². The number of ether oxygens (including phenoxy) is 3. The van der Waals surface area contributed by atoms with Crippen LogP contribution in [0.15, 0.2) is 23.9 Å². The van der Waals surface area contributed by atoms with Gasteiger partial charge in [0.25, 0.3) is 0 Å². The maximum Gasteiger partial charge on any atom is 0.346 e. The van der Waals surface area contributed by atoms with E-state index >= 15 is 0 Å². The van der Waals surface area contributed by atoms with E-state index in [1.54, 1.807) is 25.5 Å². The Morgan fingerprint density at radius 3 is 2.42 bits per heavy atom. The van der Waals surface area contributed by atoms with Crippen molar-refractivity contribution < 1.29 is 23.8 Å². The SMILES string of the molecule is COC(=O)C(=Cc1cc(C)c2nn(COCC[Si](C)(C)C)cc2c1)C(=O)OC(C)(C)C. The first-order valence-corrected chi connectivity index (χ1v) is 14.1. The molecule has 0 N–H and O–H groups in total. The van der Waals surface area contributed by atoms with Crippen LogP contribution in [0.3, 0.4) is 0 Å². The van der Waals surface area contributed by atoms with E-state index in [1.165, 1.54) is 13.2 Å². The van der Waals surface area contributed by atoms with Crippen molar-refractivity contribution in [3.8, 4) is 0 Å². The molecule has 2 rings (SSSR count). The van der Waals surface area contributed by atoms with E-state index in [2.05, 4.69) is 24.7 Å². The number of rotatable bonds is 8. The van der Waals surface area contributed by atoms with Crippen molar-refractivity contribution in [2.24, 2.45) is 0 Å². The summed E-state index contributed by atoms with van der Waals surface area (Å²) in [6, 6.07) is 4.85. The molecule has 8 heteroatoms. The van der Waals surface area contributed by atoms with Crippen molar-refractivity contribution in [3.05, 3.63) is 35.0 Å². The van der Waals surface area contributed by atoms with Gasteiger partial charge in [-0.05, 0) is 63.1 Å². The first-order chi connectivity index (χ1) is 14.3. The molecular weight excluding hydrogens is 412 g/mol. The fraction of sp³-hybridized carbons (Fsp3) is 0.522. The molecule has 0 atom stereocenters. The lowest BCUT2D eigenvalue weighted by molar-refractivity contribution is -0.153. The Kier molecular flexibility index (Phi) is 7.83. The van der Waals surface area contributed by atoms with Gasteiger partial charge in [0.15, 0.2) is 0 Å². The summed E-state index contributed by atoms with van der Waals surface area (Å²) in [4.78, 5) is 24.7. The molecule has 1 heterocycles. The van der Waals surface area contributed by atoms with Gasteiger partial charge in [-0.15, -0.1) is 0 Å². The fourth-order valence-electron chi connectivity index (χ4n) is 2.89. The number of carbonyl (C=O) groups is 2. The lowest BCUT2D eigenvalue weighted by atomic mass is 10.0. The normalized spacial score (nSPS) is 12.8. The quantitative estimate of drug-likeness (QED) is 0.148. The molecule has 31 heavy (non-hydrogen) atoms. The highest BCUT2D eigenvalue weighted by Gasteiger charge is 2.25. The molecule has 1 aromatic heterocycles. The highest BCUT2D eigenvalue weighted by Crippen LogP contribution is 2.22. The lowest BCUT2D eigenvalue weighted by Crippen LogP contribution is -2.27. The molecule has 0 fully saturated rings. The van der Waals surface area contributed by atoms with Gasteiger partial charge in [0.1, 0.15) is 17.9 Å². The van der Waals surface area contributed by atoms with Gasteiger partial charge in [0, 0.05) is 26.3 Å². The Labute approximate surface area is 185 Å². The molecule has 0 saturated heterocycles. The summed E-state index contributed by atoms with van der Waals surface area (Å²) in [5.41, 5.74) is 1.59. The molecule has 0 radical (unpaired) electrons. The summed E-state index contributed by atoms with van der Waals surface area (Å²) in [5.74, 6) is -1.46. The van der Waals surface area contributed by atoms with Crippen molar-refractivity contribution in [1.29, 1.82) is 0 Å². The Balaban J connectivity index is 2.28. The lowest BCUT2D eigenvalue weighted by Gasteiger charge is -2.20. The van der Waals surface area contributed by atoms with Gasteiger partial charge in [-0.25, -0.2) is 14.3 Å². The molecule has 7 nitrogen and oxygen atoms in total. The molecule has 0 saturated carbocycles. The summed E-state index contributed by atoms with van der Waals surface area (Å²) >= 11 is 0. The number of benzene rings is 1. The number of hydrogen-bond donors (Lipinski definition) is 0. The number of fused-ring (bicyclic) bond motifs is 1. The van der Waals surface area contributed by atoms with Crippen molar-refractivity contribution in [2.75, 3.05) is 13.7 Å². The highest BCUT2D eigenvalue weighted by atomic mass is 28.3. The molecule has 1 aromatic carbocycles. The Morgan fingerprint density at radius 2 is 1.84 bits per heavy atom. The molecule has 0 unspecified atom stereocenters. The minimum Gasteiger partial charge on any atom is -0.465 e. The molecule has 0 aliphatic rings. The van der Waals surface area contributed by atoms with Crippen LogP contribution in [-0.2, 0) is 30.5 Å². The van der Waals surface area contributed by atoms with Crippen molar-refractivity contribution in [3.63, 3.8) is 0 Å². The van der Waals surface area contributed by atoms with Gasteiger partial charge in [-0.3, -0.25) is 0 Å². The molecule has 0 amide bonds. The smallest absolute Gasteiger partial charge is 0.346 e. The molecule has 0 spiro atoms. The third kappa shape index (κ3) is 7.63. The minimum absolute atomic E-state index is 0.154. The maximum absolute atomic E-state index is 12.5. The second-order valence-corrected chi connectivity index (χ2v) is 15.5. The average Bonchev–Trinajstić information content (AvgIpc) is 3.04. The predicted octanol–water partition coefficient (Wildman–Crippen LogP) is 4.56. The second kappa shape index (κ2) is 9.78. The molecule has 170 valence electrons. The van der Waals surface area contributed by atoms with Gasteiger partial charge in [0.2, 0.25) is 0 Å². The highest BCUT2D eigenvalue weighted by molar-refractivity contribution is 6.76. The third-order valence-electron chi connectivity index (χ3n) is 4.42. The summed E-state index contributed by atoms with van der Waals surface area (Å²) in [6.07, 6.45) is 3.40. The number of esters is 2. The minimum atomic E-state index is -1.13. The number of nitrogens with zero attached hydrogens (tertiary/aromatic N) is 2. The van der Waals surface area contributed by atoms with E-state index in [1.807, 2.05) is 25.3 Å². The number of aromatic nitrogens is 2. The number of methoxy groups -OCH3 is 1. The van der Waals surface area contributed by atoms with Crippen LogP contribution in [0.1, 0.15) is 31.9 Å². The number of hydrogen-bond acceptors (Lipinski definition) is 6. The fourth-order valence-corrected chi connectivity index (χ4v) is 3.64. The molecular formula is C23H34N2O5Si. The van der Waals surface area contributed by atoms with Crippen LogP contribution in [0.25, 0.3) is 17.0 Å². The van der Waals surface area contributed by atoms with E-state index in [9.17, 15) is 9.59 Å². The van der Waals surface area contributed by atoms with Crippen LogP contribution in [-0.4, -0.2) is 49.1 Å². The van der Waals surface area contributed by atoms with E-state index in [4.69, 9.17) is 14.2 Å². The van der Waals surface area contributed by atoms with Gasteiger partial charge >= 0.3 is 11.9 Å². The predicted molar refractivity (Wildman–Crippen MR) is 124 cm³/mol. The zero-order chi connectivity index (χ0) is 23.4. The summed E-state index contributed by atoms with van der Waals surface area (Å²) in [7, 11) is 0.104. The van der Waals surface area contributed by atoms with Crippen molar-refractivity contribution >= 4 is 37.0 Å². The summed E-state index contributed by atoms with van der Waals surface area (Å²) in [5, 5.41) is 5.50. The van der Waals surface area contributed by atoms with E-state index in [-0.39, 0.29) is 5.57 Å². The van der Waals surface area contributed by atoms with Crippen molar-refractivity contribution in [2.45, 2.75) is 65.7 Å². The average molecular weight is 447 g/mol. The van der Waals surface area contributed by atoms with Crippen LogP contribution in [0.5, 0.6) is 0 Å². The van der Waals surface area contributed by atoms with Gasteiger partial charge in [-0.2, -0.15) is 5.10 Å². The largest absolute Gasteiger partial charge is 0.465 e. The van der Waals surface area contributed by atoms with Gasteiger partial charge in [0.05, 0.1) is 12.6 Å². The number of carbonyl (C=O) groups excluding carboxylic acids is 2. The van der Waals surface area contributed by atoms with Gasteiger partial charge in [-0.1, -0.05) is 19.6 Å². The Hall–Kier alpha value is -2.45. The topological polar surface area (TPSA) is 79.6 Å². The third-order valence-corrected chi connectivity index (χ3v) is 6.13. The van der Waals surface area contributed by atoms with Crippen LogP contribution in [0.2, 0.25) is 25.7 Å². The first kappa shape index (κ1) is 24.8. The Morgan fingerprint density at radius 1 is 1.16 bits per heavy atom. The zero-order valence-electron chi connectivity index (χ0n) is 19.9. The van der Waals surface area contributed by atoms with E-state index < -0.39 is 25.6 Å². The monoisotopic (exact) mass is 446 g/mol. The molecule has 2 aromatic rings. The van der Waals surface area contributed by atoms with Gasteiger partial charge < -0.3 is 14.2 Å². The zero-order valence-corrected chi connectivity index (χ0v) is 20.9. The Bertz CT molecular complexity index is 980. The van der Waals surface area contributed by atoms with Crippen LogP contribution < -0.4 is 0 Å². The maximum atomic E-state index is 12.5. The standard InChI is InChI=1S/C23H34N2O5Si/c1-16-11-17(13-19(21(26)28-5)22(27)30-23(2,3)4)12-18-14-25(24-20(16)18)15-29-9-10-31(6,7)8/h11-14H,9-10,15H2,1-8H3. The summed E-state index contributed by atoms with van der Waals surface area (Å²) < 4.78 is 17.7. The van der Waals surface area contributed by atoms with Crippen LogP contribution in [0, 0.1) is 6.92 Å². The van der Waals surface area contributed by atoms with Crippen LogP contribution in [0.4, 0.5) is 0 Å². The molecule has 0 aliphatic carbocycles. The van der Waals surface area contributed by atoms with E-state index in [0.717, 1.165) is 29.1 Å². The molecule has 0 bridgehead atoms. The summed E-state index contributed by atoms with van der Waals surface area (Å²) in [6.45, 7) is 15.2. The van der Waals surface area contributed by atoms with Crippen molar-refractivity contribution in [1.82, 2.24) is 9.78 Å². The second-order valence-electron chi connectivity index (χ2n) is 9.84. The van der Waals surface area contributed by atoms with Crippen LogP contribution >= 0.6 is 0 Å². The number of aryl methyl sites for hydroxylation is 1. The first-order valence-electron chi connectivity index (χ1n) is 10.4. The molecule has 0 aliphatic heterocycles.